The lowest BCUT2D eigenvalue weighted by Crippen LogP contribution is -1.98. The summed E-state index contributed by atoms with van der Waals surface area (Å²) in [6.45, 7) is 15.9. The lowest BCUT2D eigenvalue weighted by atomic mass is 10.2. The molecule has 0 saturated carbocycles. The summed E-state index contributed by atoms with van der Waals surface area (Å²) in [5.41, 5.74) is 7.87. The van der Waals surface area contributed by atoms with Crippen LogP contribution in [0.25, 0.3) is 17.1 Å². The first-order valence-corrected chi connectivity index (χ1v) is 8.45. The maximum absolute atomic E-state index is 13.5. The second-order valence-corrected chi connectivity index (χ2v) is 5.26. The third-order valence-electron chi connectivity index (χ3n) is 3.17. The largest absolute Gasteiger partial charge is 0.394 e. The molecular weight excluding hydrogens is 348 g/mol. The van der Waals surface area contributed by atoms with Gasteiger partial charge in [-0.25, -0.2) is 8.78 Å². The molecule has 146 valence electrons. The Kier molecular flexibility index (Phi) is 11.0. The molecule has 0 fully saturated rings. The highest BCUT2D eigenvalue weighted by atomic mass is 19.1. The summed E-state index contributed by atoms with van der Waals surface area (Å²) in [5.74, 6) is -0.291. The van der Waals surface area contributed by atoms with Gasteiger partial charge in [0.05, 0.1) is 11.3 Å². The fourth-order valence-electron chi connectivity index (χ4n) is 1.56. The van der Waals surface area contributed by atoms with E-state index in [1.165, 1.54) is 12.1 Å². The minimum absolute atomic E-state index is 0.197. The van der Waals surface area contributed by atoms with Gasteiger partial charge in [-0.2, -0.15) is 4.98 Å². The zero-order valence-electron chi connectivity index (χ0n) is 16.5. The van der Waals surface area contributed by atoms with Crippen molar-refractivity contribution in [3.8, 4) is 11.4 Å². The van der Waals surface area contributed by atoms with Crippen LogP contribution in [0.3, 0.4) is 0 Å². The average Bonchev–Trinajstić information content (AvgIpc) is 3.18. The van der Waals surface area contributed by atoms with Crippen molar-refractivity contribution in [2.24, 2.45) is 5.73 Å². The molecule has 0 bridgehead atoms. The zero-order chi connectivity index (χ0) is 21.0. The van der Waals surface area contributed by atoms with Crippen LogP contribution in [0.4, 0.5) is 8.78 Å². The number of aromatic nitrogens is 2. The molecule has 1 aromatic heterocycles. The summed E-state index contributed by atoms with van der Waals surface area (Å²) >= 11 is 0. The molecule has 0 amide bonds. The molecule has 27 heavy (non-hydrogen) atoms. The minimum Gasteiger partial charge on any atom is -0.394 e. The van der Waals surface area contributed by atoms with Crippen molar-refractivity contribution >= 4 is 5.70 Å². The van der Waals surface area contributed by atoms with Crippen molar-refractivity contribution in [1.82, 2.24) is 10.1 Å². The van der Waals surface area contributed by atoms with Crippen molar-refractivity contribution in [3.05, 3.63) is 78.3 Å². The highest BCUT2D eigenvalue weighted by Gasteiger charge is 2.14. The van der Waals surface area contributed by atoms with Gasteiger partial charge < -0.3 is 10.3 Å². The molecule has 0 aliphatic heterocycles. The zero-order valence-corrected chi connectivity index (χ0v) is 16.5. The van der Waals surface area contributed by atoms with E-state index in [4.69, 9.17) is 10.3 Å². The quantitative estimate of drug-likeness (QED) is 0.645. The van der Waals surface area contributed by atoms with Gasteiger partial charge in [-0.05, 0) is 50.1 Å². The maximum Gasteiger partial charge on any atom is 0.274 e. The number of hydrogen-bond donors (Lipinski definition) is 1. The van der Waals surface area contributed by atoms with Crippen molar-refractivity contribution in [1.29, 1.82) is 0 Å². The van der Waals surface area contributed by atoms with Crippen molar-refractivity contribution < 1.29 is 13.3 Å². The second kappa shape index (κ2) is 12.4. The standard InChI is InChI=1S/C12H12FN3O.C7H9F.C2H6/c1-7(2)10(14)12-15-11(16-17-12)8-5-3-4-6-9(8)13;1-4-6(3)7(8)5-2;1-2/h3-6H,14H2,1-2H3;4-5H,1-2H2,3H3;1-2H3/b;7-6+;. The number of allylic oxidation sites excluding steroid dienone is 5. The molecule has 4 nitrogen and oxygen atoms in total. The number of benzene rings is 1. The summed E-state index contributed by atoms with van der Waals surface area (Å²) in [7, 11) is 0. The number of hydrogen-bond acceptors (Lipinski definition) is 4. The summed E-state index contributed by atoms with van der Waals surface area (Å²) in [5, 5.41) is 3.71. The monoisotopic (exact) mass is 375 g/mol. The van der Waals surface area contributed by atoms with E-state index in [1.54, 1.807) is 25.1 Å². The first-order chi connectivity index (χ1) is 12.8. The minimum atomic E-state index is -0.393. The summed E-state index contributed by atoms with van der Waals surface area (Å²) in [6, 6.07) is 6.24. The Morgan fingerprint density at radius 3 is 2.15 bits per heavy atom. The molecule has 0 radical (unpaired) electrons. The average molecular weight is 375 g/mol. The van der Waals surface area contributed by atoms with Crippen LogP contribution >= 0.6 is 0 Å². The molecule has 0 aliphatic carbocycles. The van der Waals surface area contributed by atoms with Crippen LogP contribution in [-0.2, 0) is 0 Å². The third-order valence-corrected chi connectivity index (χ3v) is 3.17. The molecule has 0 saturated heterocycles. The highest BCUT2D eigenvalue weighted by molar-refractivity contribution is 5.61. The first-order valence-electron chi connectivity index (χ1n) is 8.45. The molecule has 0 aliphatic rings. The van der Waals surface area contributed by atoms with Gasteiger partial charge in [0, 0.05) is 0 Å². The van der Waals surface area contributed by atoms with E-state index < -0.39 is 5.82 Å². The van der Waals surface area contributed by atoms with E-state index >= 15 is 0 Å². The van der Waals surface area contributed by atoms with E-state index in [2.05, 4.69) is 23.3 Å². The Morgan fingerprint density at radius 2 is 1.70 bits per heavy atom. The van der Waals surface area contributed by atoms with Gasteiger partial charge in [0.1, 0.15) is 11.6 Å². The fraction of sp³-hybridized carbons (Fsp3) is 0.238. The van der Waals surface area contributed by atoms with E-state index in [1.807, 2.05) is 27.7 Å². The van der Waals surface area contributed by atoms with Crippen LogP contribution in [0, 0.1) is 5.82 Å². The molecule has 0 atom stereocenters. The number of halogens is 2. The number of nitrogens with two attached hydrogens (primary N) is 1. The van der Waals surface area contributed by atoms with Gasteiger partial charge >= 0.3 is 0 Å². The molecule has 1 aromatic carbocycles. The summed E-state index contributed by atoms with van der Waals surface area (Å²) < 4.78 is 30.7. The molecule has 1 heterocycles. The van der Waals surface area contributed by atoms with Gasteiger partial charge in [-0.15, -0.1) is 0 Å². The van der Waals surface area contributed by atoms with Gasteiger partial charge in [-0.3, -0.25) is 0 Å². The van der Waals surface area contributed by atoms with Crippen LogP contribution in [0.15, 0.2) is 71.1 Å². The van der Waals surface area contributed by atoms with E-state index in [-0.39, 0.29) is 17.5 Å². The Labute approximate surface area is 159 Å². The molecule has 0 spiro atoms. The van der Waals surface area contributed by atoms with Crippen molar-refractivity contribution in [2.75, 3.05) is 0 Å². The molecule has 2 rings (SSSR count). The summed E-state index contributed by atoms with van der Waals surface area (Å²) in [6.07, 6.45) is 2.62. The third kappa shape index (κ3) is 7.40. The maximum atomic E-state index is 13.5. The predicted octanol–water partition coefficient (Wildman–Crippen LogP) is 6.21. The van der Waals surface area contributed by atoms with Gasteiger partial charge in [0.15, 0.2) is 0 Å². The lowest BCUT2D eigenvalue weighted by molar-refractivity contribution is 0.407. The SMILES string of the molecule is C=C/C(C)=C(/F)C=C.CC.CC(C)=C(N)c1nc(-c2ccccc2F)no1. The molecular formula is C21H27F2N3O. The summed E-state index contributed by atoms with van der Waals surface area (Å²) in [4.78, 5) is 4.06. The van der Waals surface area contributed by atoms with Crippen molar-refractivity contribution in [2.45, 2.75) is 34.6 Å². The first kappa shape index (κ1) is 24.0. The van der Waals surface area contributed by atoms with Gasteiger partial charge in [0.25, 0.3) is 5.89 Å². The van der Waals surface area contributed by atoms with Crippen LogP contribution in [-0.4, -0.2) is 10.1 Å². The van der Waals surface area contributed by atoms with E-state index in [0.717, 1.165) is 11.6 Å². The Bertz CT molecular complexity index is 800. The fourth-order valence-corrected chi connectivity index (χ4v) is 1.56. The highest BCUT2D eigenvalue weighted by Crippen LogP contribution is 2.21. The molecule has 0 unspecified atom stereocenters. The smallest absolute Gasteiger partial charge is 0.274 e. The van der Waals surface area contributed by atoms with Crippen molar-refractivity contribution in [3.63, 3.8) is 0 Å². The number of rotatable bonds is 4. The Hall–Kier alpha value is -3.02. The Morgan fingerprint density at radius 1 is 1.11 bits per heavy atom. The van der Waals surface area contributed by atoms with E-state index in [9.17, 15) is 8.78 Å². The second-order valence-electron chi connectivity index (χ2n) is 5.26. The normalized spacial score (nSPS) is 10.3. The Balaban J connectivity index is 0.000000574. The van der Waals surface area contributed by atoms with E-state index in [0.29, 0.717) is 16.8 Å². The predicted molar refractivity (Wildman–Crippen MR) is 108 cm³/mol. The lowest BCUT2D eigenvalue weighted by Gasteiger charge is -1.96. The number of nitrogens with zero attached hydrogens (tertiary/aromatic N) is 2. The van der Waals surface area contributed by atoms with Crippen LogP contribution in [0.5, 0.6) is 0 Å². The molecule has 6 heteroatoms. The topological polar surface area (TPSA) is 64.9 Å². The molecule has 2 N–H and O–H groups in total. The van der Waals surface area contributed by atoms with Crippen LogP contribution in [0.2, 0.25) is 0 Å². The van der Waals surface area contributed by atoms with Gasteiger partial charge in [0.2, 0.25) is 5.82 Å². The van der Waals surface area contributed by atoms with Crippen LogP contribution in [0.1, 0.15) is 40.5 Å². The molecule has 2 aromatic rings. The van der Waals surface area contributed by atoms with Gasteiger partial charge in [-0.1, -0.05) is 50.4 Å². The van der Waals surface area contributed by atoms with Crippen LogP contribution < -0.4 is 5.73 Å².